The second kappa shape index (κ2) is 3.64. The fraction of sp³-hybridized carbons (Fsp3) is 0.273. The molecule has 0 fully saturated rings. The third kappa shape index (κ3) is 1.41. The maximum absolute atomic E-state index is 6.11. The summed E-state index contributed by atoms with van der Waals surface area (Å²) in [6.45, 7) is 2.06. The van der Waals surface area contributed by atoms with Crippen LogP contribution in [0.25, 0.3) is 10.9 Å². The molecule has 0 radical (unpaired) electrons. The first kappa shape index (κ1) is 9.56. The molecule has 14 heavy (non-hydrogen) atoms. The summed E-state index contributed by atoms with van der Waals surface area (Å²) >= 11 is 6.11. The van der Waals surface area contributed by atoms with Crippen LogP contribution >= 0.6 is 11.6 Å². The van der Waals surface area contributed by atoms with E-state index in [2.05, 4.69) is 11.9 Å². The van der Waals surface area contributed by atoms with Crippen LogP contribution in [0.15, 0.2) is 24.3 Å². The molecule has 0 saturated heterocycles. The summed E-state index contributed by atoms with van der Waals surface area (Å²) in [5.74, 6) is 0. The number of hydrogen-bond donors (Lipinski definition) is 2. The lowest BCUT2D eigenvalue weighted by atomic mass is 10.0. The lowest BCUT2D eigenvalue weighted by molar-refractivity contribution is 0.704. The molecule has 2 nitrogen and oxygen atoms in total. The molecule has 0 spiro atoms. The van der Waals surface area contributed by atoms with Gasteiger partial charge in [0.05, 0.1) is 0 Å². The number of hydrogen-bond acceptors (Lipinski definition) is 1. The quantitative estimate of drug-likeness (QED) is 0.782. The zero-order chi connectivity index (χ0) is 10.1. The molecular weight excluding hydrogens is 196 g/mol. The summed E-state index contributed by atoms with van der Waals surface area (Å²) in [4.78, 5) is 3.13. The Morgan fingerprint density at radius 3 is 2.86 bits per heavy atom. The highest BCUT2D eigenvalue weighted by Gasteiger charge is 2.14. The number of rotatable bonds is 2. The van der Waals surface area contributed by atoms with E-state index in [-0.39, 0.29) is 6.04 Å². The van der Waals surface area contributed by atoms with Crippen molar-refractivity contribution >= 4 is 22.5 Å². The first-order chi connectivity index (χ1) is 6.74. The van der Waals surface area contributed by atoms with E-state index in [9.17, 15) is 0 Å². The second-order valence-electron chi connectivity index (χ2n) is 3.41. The van der Waals surface area contributed by atoms with Crippen LogP contribution in [0.5, 0.6) is 0 Å². The maximum Gasteiger partial charge on any atom is 0.112 e. The molecule has 2 aromatic rings. The van der Waals surface area contributed by atoms with Crippen LogP contribution in [-0.2, 0) is 0 Å². The van der Waals surface area contributed by atoms with Gasteiger partial charge in [-0.05, 0) is 12.5 Å². The van der Waals surface area contributed by atoms with E-state index in [0.717, 1.165) is 22.9 Å². The Bertz CT molecular complexity index is 447. The number of fused-ring (bicyclic) bond motifs is 1. The van der Waals surface area contributed by atoms with Gasteiger partial charge in [-0.3, -0.25) is 0 Å². The van der Waals surface area contributed by atoms with Gasteiger partial charge in [-0.2, -0.15) is 0 Å². The van der Waals surface area contributed by atoms with Crippen LogP contribution in [0.3, 0.4) is 0 Å². The fourth-order valence-corrected chi connectivity index (χ4v) is 2.04. The zero-order valence-electron chi connectivity index (χ0n) is 8.05. The van der Waals surface area contributed by atoms with Crippen molar-refractivity contribution in [2.24, 2.45) is 5.73 Å². The molecule has 1 atom stereocenters. The minimum atomic E-state index is 0.0126. The molecule has 1 heterocycles. The molecule has 3 heteroatoms. The molecule has 1 unspecified atom stereocenters. The Balaban J connectivity index is 2.67. The fourth-order valence-electron chi connectivity index (χ4n) is 1.70. The zero-order valence-corrected chi connectivity index (χ0v) is 8.81. The minimum Gasteiger partial charge on any atom is -0.345 e. The molecule has 0 bridgehead atoms. The van der Waals surface area contributed by atoms with E-state index in [1.54, 1.807) is 0 Å². The van der Waals surface area contributed by atoms with Crippen molar-refractivity contribution in [3.05, 3.63) is 35.0 Å². The van der Waals surface area contributed by atoms with Gasteiger partial charge in [0, 0.05) is 22.5 Å². The van der Waals surface area contributed by atoms with Crippen molar-refractivity contribution < 1.29 is 0 Å². The maximum atomic E-state index is 6.11. The van der Waals surface area contributed by atoms with Crippen LogP contribution in [0, 0.1) is 0 Å². The van der Waals surface area contributed by atoms with E-state index < -0.39 is 0 Å². The van der Waals surface area contributed by atoms with Crippen LogP contribution in [-0.4, -0.2) is 4.98 Å². The number of halogens is 1. The van der Waals surface area contributed by atoms with Gasteiger partial charge in [0.15, 0.2) is 0 Å². The average Bonchev–Trinajstić information content (AvgIpc) is 2.53. The molecule has 0 aliphatic carbocycles. The van der Waals surface area contributed by atoms with Gasteiger partial charge in [-0.25, -0.2) is 0 Å². The molecular formula is C11H13ClN2. The largest absolute Gasteiger partial charge is 0.345 e. The number of para-hydroxylation sites is 1. The summed E-state index contributed by atoms with van der Waals surface area (Å²) in [5, 5.41) is 1.80. The molecule has 0 saturated carbocycles. The molecule has 1 aromatic heterocycles. The Hall–Kier alpha value is -0.990. The number of aromatic amines is 1. The average molecular weight is 209 g/mol. The summed E-state index contributed by atoms with van der Waals surface area (Å²) < 4.78 is 0. The molecule has 74 valence electrons. The first-order valence-corrected chi connectivity index (χ1v) is 5.13. The Morgan fingerprint density at radius 2 is 2.14 bits per heavy atom. The number of nitrogens with two attached hydrogens (primary N) is 1. The number of benzene rings is 1. The van der Waals surface area contributed by atoms with Gasteiger partial charge < -0.3 is 10.7 Å². The molecule has 0 amide bonds. The number of H-pyrrole nitrogens is 1. The monoisotopic (exact) mass is 208 g/mol. The normalized spacial score (nSPS) is 13.4. The third-order valence-electron chi connectivity index (χ3n) is 2.51. The van der Waals surface area contributed by atoms with Gasteiger partial charge in [-0.15, -0.1) is 0 Å². The van der Waals surface area contributed by atoms with Gasteiger partial charge in [0.2, 0.25) is 0 Å². The summed E-state index contributed by atoms with van der Waals surface area (Å²) in [6.07, 6.45) is 0.890. The second-order valence-corrected chi connectivity index (χ2v) is 3.79. The van der Waals surface area contributed by atoms with Gasteiger partial charge in [0.25, 0.3) is 0 Å². The highest BCUT2D eigenvalue weighted by molar-refractivity contribution is 6.31. The lowest BCUT2D eigenvalue weighted by Gasteiger charge is -2.07. The molecule has 0 aliphatic heterocycles. The van der Waals surface area contributed by atoms with E-state index in [4.69, 9.17) is 17.3 Å². The SMILES string of the molecule is CCC(N)c1c(Cl)[nH]c2ccccc12. The predicted molar refractivity (Wildman–Crippen MR) is 60.5 cm³/mol. The van der Waals surface area contributed by atoms with Crippen LogP contribution < -0.4 is 5.73 Å². The van der Waals surface area contributed by atoms with Crippen molar-refractivity contribution in [3.8, 4) is 0 Å². The Morgan fingerprint density at radius 1 is 1.43 bits per heavy atom. The Labute approximate surface area is 88.1 Å². The van der Waals surface area contributed by atoms with Crippen LogP contribution in [0.2, 0.25) is 5.15 Å². The topological polar surface area (TPSA) is 41.8 Å². The van der Waals surface area contributed by atoms with Crippen molar-refractivity contribution in [1.82, 2.24) is 4.98 Å². The van der Waals surface area contributed by atoms with E-state index in [1.807, 2.05) is 24.3 Å². The number of nitrogens with one attached hydrogen (secondary N) is 1. The van der Waals surface area contributed by atoms with Crippen molar-refractivity contribution in [2.75, 3.05) is 0 Å². The number of aromatic nitrogens is 1. The highest BCUT2D eigenvalue weighted by Crippen LogP contribution is 2.31. The van der Waals surface area contributed by atoms with Gasteiger partial charge >= 0.3 is 0 Å². The molecule has 2 rings (SSSR count). The van der Waals surface area contributed by atoms with Gasteiger partial charge in [0.1, 0.15) is 5.15 Å². The van der Waals surface area contributed by atoms with Gasteiger partial charge in [-0.1, -0.05) is 36.7 Å². The highest BCUT2D eigenvalue weighted by atomic mass is 35.5. The van der Waals surface area contributed by atoms with E-state index in [1.165, 1.54) is 0 Å². The lowest BCUT2D eigenvalue weighted by Crippen LogP contribution is -2.08. The molecule has 0 aliphatic rings. The summed E-state index contributed by atoms with van der Waals surface area (Å²) in [6, 6.07) is 8.04. The summed E-state index contributed by atoms with van der Waals surface area (Å²) in [7, 11) is 0. The van der Waals surface area contributed by atoms with Crippen LogP contribution in [0.4, 0.5) is 0 Å². The summed E-state index contributed by atoms with van der Waals surface area (Å²) in [5.41, 5.74) is 8.09. The first-order valence-electron chi connectivity index (χ1n) is 4.75. The third-order valence-corrected chi connectivity index (χ3v) is 2.81. The van der Waals surface area contributed by atoms with Crippen molar-refractivity contribution in [2.45, 2.75) is 19.4 Å². The predicted octanol–water partition coefficient (Wildman–Crippen LogP) is 3.23. The minimum absolute atomic E-state index is 0.0126. The van der Waals surface area contributed by atoms with Crippen molar-refractivity contribution in [3.63, 3.8) is 0 Å². The Kier molecular flexibility index (Phi) is 2.48. The van der Waals surface area contributed by atoms with Crippen LogP contribution in [0.1, 0.15) is 24.9 Å². The molecule has 1 aromatic carbocycles. The van der Waals surface area contributed by atoms with E-state index >= 15 is 0 Å². The van der Waals surface area contributed by atoms with Crippen molar-refractivity contribution in [1.29, 1.82) is 0 Å². The smallest absolute Gasteiger partial charge is 0.112 e. The standard InChI is InChI=1S/C11H13ClN2/c1-2-8(13)10-7-5-3-4-6-9(7)14-11(10)12/h3-6,8,14H,2,13H2,1H3. The van der Waals surface area contributed by atoms with E-state index in [0.29, 0.717) is 5.15 Å². The molecule has 3 N–H and O–H groups in total.